The summed E-state index contributed by atoms with van der Waals surface area (Å²) in [5.74, 6) is 0. The minimum atomic E-state index is -2.11. The zero-order valence-electron chi connectivity index (χ0n) is 9.89. The number of aryl methyl sites for hydroxylation is 1. The van der Waals surface area contributed by atoms with E-state index in [1.54, 1.807) is 23.3 Å². The number of rotatable bonds is 1. The highest BCUT2D eigenvalue weighted by Crippen LogP contribution is 2.03. The molecule has 2 rings (SSSR count). The first-order valence-corrected chi connectivity index (χ1v) is 3.72. The van der Waals surface area contributed by atoms with E-state index in [9.17, 15) is 0 Å². The molecule has 0 saturated carbocycles. The summed E-state index contributed by atoms with van der Waals surface area (Å²) in [4.78, 5) is 0. The van der Waals surface area contributed by atoms with Crippen molar-refractivity contribution in [3.8, 4) is 5.69 Å². The number of imidazole rings is 1. The predicted molar refractivity (Wildman–Crippen MR) is 46.9 cm³/mol. The van der Waals surface area contributed by atoms with Gasteiger partial charge in [0, 0.05) is 0 Å². The van der Waals surface area contributed by atoms with Crippen LogP contribution in [0.5, 0.6) is 0 Å². The van der Waals surface area contributed by atoms with Crippen LogP contribution >= 0.6 is 0 Å². The molecule has 0 amide bonds. The SMILES string of the molecule is [2H]C([2H])([2H])[n+]1ccn(-c2ccccc2)c1.[I-]. The average molecular weight is 289 g/mol. The Bertz CT molecular complexity index is 451. The Kier molecular flexibility index (Phi) is 2.24. The van der Waals surface area contributed by atoms with Crippen molar-refractivity contribution in [1.29, 1.82) is 0 Å². The van der Waals surface area contributed by atoms with E-state index < -0.39 is 6.98 Å². The first kappa shape index (κ1) is 6.59. The van der Waals surface area contributed by atoms with E-state index in [0.717, 1.165) is 5.69 Å². The minimum absolute atomic E-state index is 0. The number of hydrogen-bond acceptors (Lipinski definition) is 0. The maximum atomic E-state index is 7.23. The van der Waals surface area contributed by atoms with Crippen molar-refractivity contribution in [2.75, 3.05) is 0 Å². The fourth-order valence-corrected chi connectivity index (χ4v) is 1.11. The van der Waals surface area contributed by atoms with E-state index in [2.05, 4.69) is 0 Å². The molecule has 0 fully saturated rings. The van der Waals surface area contributed by atoms with Gasteiger partial charge >= 0.3 is 0 Å². The van der Waals surface area contributed by atoms with Gasteiger partial charge in [0.2, 0.25) is 6.33 Å². The smallest absolute Gasteiger partial charge is 0.248 e. The van der Waals surface area contributed by atoms with E-state index >= 15 is 0 Å². The van der Waals surface area contributed by atoms with E-state index in [1.807, 2.05) is 30.3 Å². The first-order chi connectivity index (χ1) is 7.07. The molecule has 0 N–H and O–H groups in total. The standard InChI is InChI=1S/C10H11N2.HI/c1-11-7-8-12(9-11)10-5-3-2-4-6-10;/h2-9H,1H3;1H/q+1;/p-1/i1D3;. The van der Waals surface area contributed by atoms with Crippen LogP contribution in [-0.4, -0.2) is 4.57 Å². The van der Waals surface area contributed by atoms with Crippen LogP contribution in [0.15, 0.2) is 49.1 Å². The van der Waals surface area contributed by atoms with Gasteiger partial charge in [0.15, 0.2) is 0 Å². The van der Waals surface area contributed by atoms with Gasteiger partial charge in [-0.15, -0.1) is 0 Å². The molecular formula is C10H11IN2. The monoisotopic (exact) mass is 289 g/mol. The molecule has 0 aliphatic heterocycles. The van der Waals surface area contributed by atoms with Crippen molar-refractivity contribution in [2.45, 2.75) is 0 Å². The van der Waals surface area contributed by atoms with E-state index in [0.29, 0.717) is 0 Å². The second-order valence-corrected chi connectivity index (χ2v) is 2.56. The van der Waals surface area contributed by atoms with Gasteiger partial charge in [0.05, 0.1) is 11.1 Å². The molecule has 13 heavy (non-hydrogen) atoms. The molecule has 68 valence electrons. The van der Waals surface area contributed by atoms with E-state index in [1.165, 1.54) is 4.57 Å². The van der Waals surface area contributed by atoms with Gasteiger partial charge in [-0.25, -0.2) is 9.13 Å². The van der Waals surface area contributed by atoms with Crippen LogP contribution in [0, 0.1) is 0 Å². The summed E-state index contributed by atoms with van der Waals surface area (Å²) in [6.45, 7) is -2.11. The lowest BCUT2D eigenvalue weighted by molar-refractivity contribution is -0.670. The second kappa shape index (κ2) is 4.41. The van der Waals surface area contributed by atoms with Crippen LogP contribution in [0.2, 0.25) is 0 Å². The summed E-state index contributed by atoms with van der Waals surface area (Å²) in [6, 6.07) is 9.59. The molecule has 0 saturated heterocycles. The van der Waals surface area contributed by atoms with Crippen LogP contribution in [-0.2, 0) is 6.98 Å². The number of benzene rings is 1. The van der Waals surface area contributed by atoms with Gasteiger partial charge in [-0.3, -0.25) is 0 Å². The number of para-hydroxylation sites is 1. The molecule has 3 heteroatoms. The number of halogens is 1. The Morgan fingerprint density at radius 3 is 2.69 bits per heavy atom. The maximum absolute atomic E-state index is 7.23. The zero-order chi connectivity index (χ0) is 10.9. The molecule has 2 nitrogen and oxygen atoms in total. The highest BCUT2D eigenvalue weighted by Gasteiger charge is 2.00. The van der Waals surface area contributed by atoms with Crippen LogP contribution in [0.1, 0.15) is 4.11 Å². The molecule has 0 spiro atoms. The van der Waals surface area contributed by atoms with Crippen LogP contribution in [0.4, 0.5) is 0 Å². The topological polar surface area (TPSA) is 8.81 Å². The van der Waals surface area contributed by atoms with Gasteiger partial charge in [0.1, 0.15) is 18.1 Å². The Morgan fingerprint density at radius 1 is 1.31 bits per heavy atom. The Morgan fingerprint density at radius 2 is 2.08 bits per heavy atom. The maximum Gasteiger partial charge on any atom is 0.248 e. The lowest BCUT2D eigenvalue weighted by Crippen LogP contribution is -3.00. The lowest BCUT2D eigenvalue weighted by Gasteiger charge is -1.91. The minimum Gasteiger partial charge on any atom is -1.00 e. The molecule has 0 bridgehead atoms. The molecule has 0 atom stereocenters. The molecule has 0 aliphatic rings. The normalized spacial score (nSPS) is 13.7. The summed E-state index contributed by atoms with van der Waals surface area (Å²) < 4.78 is 24.7. The molecule has 2 aromatic rings. The fraction of sp³-hybridized carbons (Fsp3) is 0.100. The van der Waals surface area contributed by atoms with E-state index in [-0.39, 0.29) is 24.0 Å². The molecular weight excluding hydrogens is 275 g/mol. The highest BCUT2D eigenvalue weighted by molar-refractivity contribution is 5.30. The van der Waals surface area contributed by atoms with E-state index in [4.69, 9.17) is 4.11 Å². The van der Waals surface area contributed by atoms with Gasteiger partial charge in [-0.2, -0.15) is 0 Å². The van der Waals surface area contributed by atoms with Crippen molar-refractivity contribution < 1.29 is 32.7 Å². The Labute approximate surface area is 99.1 Å². The number of aromatic nitrogens is 2. The molecule has 0 aliphatic carbocycles. The third-order valence-electron chi connectivity index (χ3n) is 1.69. The Hall–Kier alpha value is -0.840. The fourth-order valence-electron chi connectivity index (χ4n) is 1.11. The summed E-state index contributed by atoms with van der Waals surface area (Å²) in [6.07, 6.45) is 4.82. The third kappa shape index (κ3) is 2.30. The highest BCUT2D eigenvalue weighted by atomic mass is 127. The quantitative estimate of drug-likeness (QED) is 0.437. The van der Waals surface area contributed by atoms with Gasteiger partial charge in [0.25, 0.3) is 0 Å². The first-order valence-electron chi connectivity index (χ1n) is 5.22. The van der Waals surface area contributed by atoms with Crippen molar-refractivity contribution in [3.63, 3.8) is 0 Å². The van der Waals surface area contributed by atoms with Crippen molar-refractivity contribution >= 4 is 0 Å². The largest absolute Gasteiger partial charge is 1.00 e. The van der Waals surface area contributed by atoms with Crippen molar-refractivity contribution in [1.82, 2.24) is 4.57 Å². The zero-order valence-corrected chi connectivity index (χ0v) is 9.05. The molecule has 1 aromatic carbocycles. The average Bonchev–Trinajstić information content (AvgIpc) is 2.67. The Balaban J connectivity index is 0.00000128. The summed E-state index contributed by atoms with van der Waals surface area (Å²) >= 11 is 0. The number of hydrogen-bond donors (Lipinski definition) is 0. The second-order valence-electron chi connectivity index (χ2n) is 2.56. The van der Waals surface area contributed by atoms with Crippen LogP contribution < -0.4 is 28.5 Å². The summed E-state index contributed by atoms with van der Waals surface area (Å²) in [5, 5.41) is 0. The van der Waals surface area contributed by atoms with Gasteiger partial charge in [-0.1, -0.05) is 18.2 Å². The molecule has 1 heterocycles. The molecule has 0 radical (unpaired) electrons. The predicted octanol–water partition coefficient (Wildman–Crippen LogP) is -1.69. The third-order valence-corrected chi connectivity index (χ3v) is 1.69. The van der Waals surface area contributed by atoms with Crippen LogP contribution in [0.25, 0.3) is 5.69 Å². The number of nitrogens with zero attached hydrogens (tertiary/aromatic N) is 2. The van der Waals surface area contributed by atoms with Gasteiger partial charge in [-0.05, 0) is 12.1 Å². The lowest BCUT2D eigenvalue weighted by atomic mass is 10.3. The summed E-state index contributed by atoms with van der Waals surface area (Å²) in [7, 11) is 0. The molecule has 0 unspecified atom stereocenters. The van der Waals surface area contributed by atoms with Crippen molar-refractivity contribution in [3.05, 3.63) is 49.1 Å². The van der Waals surface area contributed by atoms with Gasteiger partial charge < -0.3 is 24.0 Å². The van der Waals surface area contributed by atoms with Crippen LogP contribution in [0.3, 0.4) is 0 Å². The molecule has 1 aromatic heterocycles. The van der Waals surface area contributed by atoms with Crippen molar-refractivity contribution in [2.24, 2.45) is 6.98 Å². The summed E-state index contributed by atoms with van der Waals surface area (Å²) in [5.41, 5.74) is 0.945.